The van der Waals surface area contributed by atoms with Gasteiger partial charge in [-0.15, -0.1) is 0 Å². The Kier molecular flexibility index (Phi) is 6.37. The summed E-state index contributed by atoms with van der Waals surface area (Å²) in [7, 11) is -6.88. The average Bonchev–Trinajstić information content (AvgIpc) is 2.69. The molecule has 0 unspecified atom stereocenters. The highest BCUT2D eigenvalue weighted by atomic mass is 32.2. The van der Waals surface area contributed by atoms with E-state index in [0.29, 0.717) is 24.4 Å². The zero-order chi connectivity index (χ0) is 20.2. The zero-order valence-corrected chi connectivity index (χ0v) is 17.5. The van der Waals surface area contributed by atoms with Crippen molar-refractivity contribution in [2.24, 2.45) is 5.92 Å². The van der Waals surface area contributed by atoms with Gasteiger partial charge in [-0.25, -0.2) is 16.8 Å². The van der Waals surface area contributed by atoms with Crippen LogP contribution in [0.2, 0.25) is 0 Å². The summed E-state index contributed by atoms with van der Waals surface area (Å²) in [5.41, 5.74) is 1.02. The number of sulfone groups is 1. The number of aryl methyl sites for hydroxylation is 1. The molecule has 5 nitrogen and oxygen atoms in total. The Morgan fingerprint density at radius 2 is 1.50 bits per heavy atom. The van der Waals surface area contributed by atoms with E-state index in [0.717, 1.165) is 18.4 Å². The molecule has 150 valence electrons. The van der Waals surface area contributed by atoms with Crippen LogP contribution in [0.15, 0.2) is 75.9 Å². The minimum atomic E-state index is -3.46. The van der Waals surface area contributed by atoms with Gasteiger partial charge in [-0.1, -0.05) is 42.0 Å². The van der Waals surface area contributed by atoms with Gasteiger partial charge in [-0.05, 0) is 56.4 Å². The molecule has 1 aliphatic rings. The summed E-state index contributed by atoms with van der Waals surface area (Å²) in [4.78, 5) is 0.607. The third-order valence-corrected chi connectivity index (χ3v) is 8.44. The van der Waals surface area contributed by atoms with Gasteiger partial charge in [0.05, 0.1) is 9.79 Å². The second-order valence-corrected chi connectivity index (χ2v) is 10.9. The van der Waals surface area contributed by atoms with Gasteiger partial charge in [-0.2, -0.15) is 4.31 Å². The molecule has 0 aromatic heterocycles. The van der Waals surface area contributed by atoms with E-state index in [-0.39, 0.29) is 10.8 Å². The third kappa shape index (κ3) is 4.90. The molecule has 0 atom stereocenters. The molecule has 1 heterocycles. The van der Waals surface area contributed by atoms with Gasteiger partial charge in [0.25, 0.3) is 0 Å². The van der Waals surface area contributed by atoms with Crippen molar-refractivity contribution in [3.05, 3.63) is 71.6 Å². The maximum atomic E-state index is 12.7. The molecule has 1 aliphatic heterocycles. The van der Waals surface area contributed by atoms with Crippen molar-refractivity contribution in [2.75, 3.05) is 13.1 Å². The molecule has 2 aromatic rings. The molecule has 0 spiro atoms. The van der Waals surface area contributed by atoms with Crippen molar-refractivity contribution in [1.29, 1.82) is 0 Å². The second-order valence-electron chi connectivity index (χ2n) is 7.13. The van der Waals surface area contributed by atoms with Crippen LogP contribution >= 0.6 is 0 Å². The SMILES string of the molecule is Cc1ccc(S(=O)(=O)N2CCC(C/C=C/S(=O)(=O)c3ccccc3)CC2)cc1. The molecule has 1 saturated heterocycles. The lowest BCUT2D eigenvalue weighted by molar-refractivity contribution is 0.275. The van der Waals surface area contributed by atoms with Gasteiger partial charge in [0.15, 0.2) is 9.84 Å². The predicted octanol–water partition coefficient (Wildman–Crippen LogP) is 3.77. The second kappa shape index (κ2) is 8.59. The normalized spacial score (nSPS) is 17.2. The molecule has 2 aromatic carbocycles. The van der Waals surface area contributed by atoms with Crippen LogP contribution in [0.5, 0.6) is 0 Å². The van der Waals surface area contributed by atoms with Crippen molar-refractivity contribution in [2.45, 2.75) is 36.0 Å². The quantitative estimate of drug-likeness (QED) is 0.714. The Balaban J connectivity index is 1.56. The highest BCUT2D eigenvalue weighted by Crippen LogP contribution is 2.26. The smallest absolute Gasteiger partial charge is 0.219 e. The Bertz CT molecular complexity index is 1020. The maximum absolute atomic E-state index is 12.7. The first-order valence-corrected chi connectivity index (χ1v) is 12.3. The molecule has 0 saturated carbocycles. The molecule has 28 heavy (non-hydrogen) atoms. The predicted molar refractivity (Wildman–Crippen MR) is 110 cm³/mol. The Labute approximate surface area is 167 Å². The standard InChI is InChI=1S/C21H25NO4S2/c1-18-9-11-21(12-10-18)28(25,26)22-15-13-19(14-16-22)6-5-17-27(23,24)20-7-3-2-4-8-20/h2-5,7-12,17,19H,6,13-16H2,1H3/b17-5+. The summed E-state index contributed by atoms with van der Waals surface area (Å²) in [5, 5.41) is 1.26. The number of nitrogens with zero attached hydrogens (tertiary/aromatic N) is 1. The van der Waals surface area contributed by atoms with Gasteiger partial charge in [0.2, 0.25) is 10.0 Å². The van der Waals surface area contributed by atoms with Crippen molar-refractivity contribution in [3.8, 4) is 0 Å². The number of benzene rings is 2. The van der Waals surface area contributed by atoms with Crippen molar-refractivity contribution in [1.82, 2.24) is 4.31 Å². The lowest BCUT2D eigenvalue weighted by Gasteiger charge is -2.30. The van der Waals surface area contributed by atoms with Crippen molar-refractivity contribution >= 4 is 19.9 Å². The van der Waals surface area contributed by atoms with Crippen LogP contribution in [-0.4, -0.2) is 34.2 Å². The minimum Gasteiger partial charge on any atom is -0.219 e. The van der Waals surface area contributed by atoms with E-state index in [4.69, 9.17) is 0 Å². The van der Waals surface area contributed by atoms with E-state index in [1.165, 1.54) is 9.71 Å². The Morgan fingerprint density at radius 1 is 0.893 bits per heavy atom. The van der Waals surface area contributed by atoms with E-state index >= 15 is 0 Å². The summed E-state index contributed by atoms with van der Waals surface area (Å²) < 4.78 is 51.5. The van der Waals surface area contributed by atoms with Crippen molar-refractivity contribution < 1.29 is 16.8 Å². The summed E-state index contributed by atoms with van der Waals surface area (Å²) >= 11 is 0. The van der Waals surface area contributed by atoms with Gasteiger partial charge in [0.1, 0.15) is 0 Å². The Morgan fingerprint density at radius 3 is 2.11 bits per heavy atom. The monoisotopic (exact) mass is 419 g/mol. The molecule has 3 rings (SSSR count). The average molecular weight is 420 g/mol. The largest absolute Gasteiger partial charge is 0.243 e. The van der Waals surface area contributed by atoms with Gasteiger partial charge >= 0.3 is 0 Å². The lowest BCUT2D eigenvalue weighted by Crippen LogP contribution is -2.38. The number of hydrogen-bond acceptors (Lipinski definition) is 4. The molecular weight excluding hydrogens is 394 g/mol. The number of rotatable bonds is 6. The summed E-state index contributed by atoms with van der Waals surface area (Å²) in [6.07, 6.45) is 3.77. The van der Waals surface area contributed by atoms with E-state index in [1.54, 1.807) is 60.7 Å². The van der Waals surface area contributed by atoms with E-state index in [9.17, 15) is 16.8 Å². The van der Waals surface area contributed by atoms with E-state index in [2.05, 4.69) is 0 Å². The molecule has 0 N–H and O–H groups in total. The van der Waals surface area contributed by atoms with Crippen LogP contribution in [0.3, 0.4) is 0 Å². The number of allylic oxidation sites excluding steroid dienone is 1. The first-order chi connectivity index (χ1) is 13.3. The Hall–Kier alpha value is -1.96. The van der Waals surface area contributed by atoms with Crippen molar-refractivity contribution in [3.63, 3.8) is 0 Å². The lowest BCUT2D eigenvalue weighted by atomic mass is 9.95. The molecule has 0 radical (unpaired) electrons. The highest BCUT2D eigenvalue weighted by Gasteiger charge is 2.28. The first kappa shape index (κ1) is 20.8. The van der Waals surface area contributed by atoms with Crippen LogP contribution in [0.4, 0.5) is 0 Å². The maximum Gasteiger partial charge on any atom is 0.243 e. The van der Waals surface area contributed by atoms with Crippen LogP contribution in [0.1, 0.15) is 24.8 Å². The number of sulfonamides is 1. The number of piperidine rings is 1. The fraction of sp³-hybridized carbons (Fsp3) is 0.333. The van der Waals surface area contributed by atoms with Gasteiger partial charge in [0, 0.05) is 18.5 Å². The molecule has 1 fully saturated rings. The molecular formula is C21H25NO4S2. The minimum absolute atomic E-state index is 0.283. The van der Waals surface area contributed by atoms with Gasteiger partial charge < -0.3 is 0 Å². The van der Waals surface area contributed by atoms with E-state index in [1.807, 2.05) is 6.92 Å². The summed E-state index contributed by atoms with van der Waals surface area (Å²) in [5.74, 6) is 0.284. The summed E-state index contributed by atoms with van der Waals surface area (Å²) in [6.45, 7) is 2.84. The molecule has 0 amide bonds. The topological polar surface area (TPSA) is 71.5 Å². The van der Waals surface area contributed by atoms with Crippen LogP contribution in [0.25, 0.3) is 0 Å². The van der Waals surface area contributed by atoms with Crippen LogP contribution in [0, 0.1) is 12.8 Å². The third-order valence-electron chi connectivity index (χ3n) is 5.05. The first-order valence-electron chi connectivity index (χ1n) is 9.32. The van der Waals surface area contributed by atoms with Crippen LogP contribution < -0.4 is 0 Å². The molecule has 0 aliphatic carbocycles. The van der Waals surface area contributed by atoms with E-state index < -0.39 is 19.9 Å². The highest BCUT2D eigenvalue weighted by molar-refractivity contribution is 7.94. The molecule has 0 bridgehead atoms. The summed E-state index contributed by atoms with van der Waals surface area (Å²) in [6, 6.07) is 15.2. The number of hydrogen-bond donors (Lipinski definition) is 0. The fourth-order valence-corrected chi connectivity index (χ4v) is 5.84. The molecule has 7 heteroatoms. The van der Waals surface area contributed by atoms with Gasteiger partial charge in [-0.3, -0.25) is 0 Å². The fourth-order valence-electron chi connectivity index (χ4n) is 3.31. The zero-order valence-electron chi connectivity index (χ0n) is 15.9. The van der Waals surface area contributed by atoms with Crippen LogP contribution in [-0.2, 0) is 19.9 Å².